The van der Waals surface area contributed by atoms with E-state index in [2.05, 4.69) is 57.3 Å². The van der Waals surface area contributed by atoms with Gasteiger partial charge in [0, 0.05) is 30.2 Å². The van der Waals surface area contributed by atoms with Crippen LogP contribution < -0.4 is 5.32 Å². The minimum atomic E-state index is 0.433. The summed E-state index contributed by atoms with van der Waals surface area (Å²) in [5, 5.41) is 3.44. The van der Waals surface area contributed by atoms with Gasteiger partial charge < -0.3 is 15.0 Å². The summed E-state index contributed by atoms with van der Waals surface area (Å²) < 4.78 is 6.85. The highest BCUT2D eigenvalue weighted by atomic mass is 79.9. The van der Waals surface area contributed by atoms with Crippen molar-refractivity contribution in [3.8, 4) is 0 Å². The fourth-order valence-corrected chi connectivity index (χ4v) is 3.28. The predicted octanol–water partition coefficient (Wildman–Crippen LogP) is 3.60. The first-order valence-electron chi connectivity index (χ1n) is 7.99. The first-order chi connectivity index (χ1) is 10.2. The molecular formula is C17H27BrN2O. The van der Waals surface area contributed by atoms with Crippen molar-refractivity contribution in [2.45, 2.75) is 38.3 Å². The van der Waals surface area contributed by atoms with E-state index in [1.807, 2.05) is 7.05 Å². The Morgan fingerprint density at radius 1 is 1.29 bits per heavy atom. The van der Waals surface area contributed by atoms with E-state index in [4.69, 9.17) is 4.74 Å². The standard InChI is InChI=1S/C17H27BrN2O/c1-3-21-16-8-11-20(12-9-16)13-10-17(19-2)14-4-6-15(18)7-5-14/h4-7,16-17,19H,3,8-13H2,1-2H3. The largest absolute Gasteiger partial charge is 0.378 e. The molecule has 0 aliphatic carbocycles. The maximum Gasteiger partial charge on any atom is 0.0599 e. The van der Waals surface area contributed by atoms with Crippen LogP contribution in [0, 0.1) is 0 Å². The van der Waals surface area contributed by atoms with Gasteiger partial charge in [-0.1, -0.05) is 28.1 Å². The normalized spacial score (nSPS) is 18.8. The van der Waals surface area contributed by atoms with Gasteiger partial charge in [-0.05, 0) is 57.5 Å². The minimum absolute atomic E-state index is 0.433. The van der Waals surface area contributed by atoms with Crippen LogP contribution >= 0.6 is 15.9 Å². The number of rotatable bonds is 7. The zero-order valence-corrected chi connectivity index (χ0v) is 14.7. The van der Waals surface area contributed by atoms with Gasteiger partial charge in [0.2, 0.25) is 0 Å². The summed E-state index contributed by atoms with van der Waals surface area (Å²) in [4.78, 5) is 2.57. The third-order valence-corrected chi connectivity index (χ3v) is 4.82. The highest BCUT2D eigenvalue weighted by molar-refractivity contribution is 9.10. The molecule has 21 heavy (non-hydrogen) atoms. The van der Waals surface area contributed by atoms with Crippen LogP contribution in [0.2, 0.25) is 0 Å². The number of likely N-dealkylation sites (tertiary alicyclic amines) is 1. The highest BCUT2D eigenvalue weighted by Crippen LogP contribution is 2.21. The first kappa shape index (κ1) is 16.9. The van der Waals surface area contributed by atoms with Crippen LogP contribution in [0.5, 0.6) is 0 Å². The van der Waals surface area contributed by atoms with Gasteiger partial charge in [-0.25, -0.2) is 0 Å². The van der Waals surface area contributed by atoms with Crippen molar-refractivity contribution < 1.29 is 4.74 Å². The van der Waals surface area contributed by atoms with Crippen LogP contribution in [0.3, 0.4) is 0 Å². The molecular weight excluding hydrogens is 328 g/mol. The number of nitrogens with one attached hydrogen (secondary N) is 1. The molecule has 1 aliphatic heterocycles. The van der Waals surface area contributed by atoms with Gasteiger partial charge in [0.25, 0.3) is 0 Å². The van der Waals surface area contributed by atoms with Gasteiger partial charge in [-0.2, -0.15) is 0 Å². The van der Waals surface area contributed by atoms with Crippen molar-refractivity contribution in [2.24, 2.45) is 0 Å². The lowest BCUT2D eigenvalue weighted by Gasteiger charge is -2.32. The van der Waals surface area contributed by atoms with Crippen molar-refractivity contribution >= 4 is 15.9 Å². The van der Waals surface area contributed by atoms with Crippen LogP contribution in [-0.2, 0) is 4.74 Å². The summed E-state index contributed by atoms with van der Waals surface area (Å²) in [6.45, 7) is 6.42. The number of hydrogen-bond donors (Lipinski definition) is 1. The molecule has 0 saturated carbocycles. The second kappa shape index (κ2) is 8.89. The average molecular weight is 355 g/mol. The third-order valence-electron chi connectivity index (χ3n) is 4.29. The number of benzene rings is 1. The quantitative estimate of drug-likeness (QED) is 0.809. The zero-order chi connectivity index (χ0) is 15.1. The molecule has 0 radical (unpaired) electrons. The van der Waals surface area contributed by atoms with E-state index in [0.717, 1.165) is 24.0 Å². The van der Waals surface area contributed by atoms with E-state index in [1.54, 1.807) is 0 Å². The lowest BCUT2D eigenvalue weighted by atomic mass is 10.0. The smallest absolute Gasteiger partial charge is 0.0599 e. The molecule has 0 spiro atoms. The summed E-state index contributed by atoms with van der Waals surface area (Å²) in [7, 11) is 2.05. The van der Waals surface area contributed by atoms with Crippen LogP contribution in [-0.4, -0.2) is 44.3 Å². The van der Waals surface area contributed by atoms with E-state index in [9.17, 15) is 0 Å². The molecule has 1 atom stereocenters. The molecule has 1 unspecified atom stereocenters. The summed E-state index contributed by atoms with van der Waals surface area (Å²) in [6, 6.07) is 9.07. The van der Waals surface area contributed by atoms with Crippen LogP contribution in [0.1, 0.15) is 37.8 Å². The Morgan fingerprint density at radius 2 is 1.95 bits per heavy atom. The molecule has 2 rings (SSSR count). The molecule has 1 heterocycles. The highest BCUT2D eigenvalue weighted by Gasteiger charge is 2.20. The minimum Gasteiger partial charge on any atom is -0.378 e. The Morgan fingerprint density at radius 3 is 2.52 bits per heavy atom. The van der Waals surface area contributed by atoms with Gasteiger partial charge in [-0.15, -0.1) is 0 Å². The first-order valence-corrected chi connectivity index (χ1v) is 8.79. The number of nitrogens with zero attached hydrogens (tertiary/aromatic N) is 1. The molecule has 1 aliphatic rings. The van der Waals surface area contributed by atoms with E-state index in [1.165, 1.54) is 31.5 Å². The van der Waals surface area contributed by atoms with Gasteiger partial charge in [0.1, 0.15) is 0 Å². The molecule has 3 nitrogen and oxygen atoms in total. The van der Waals surface area contributed by atoms with Gasteiger partial charge in [0.15, 0.2) is 0 Å². The van der Waals surface area contributed by atoms with Crippen LogP contribution in [0.25, 0.3) is 0 Å². The van der Waals surface area contributed by atoms with Crippen molar-refractivity contribution in [1.82, 2.24) is 10.2 Å². The van der Waals surface area contributed by atoms with Gasteiger partial charge >= 0.3 is 0 Å². The zero-order valence-electron chi connectivity index (χ0n) is 13.1. The SMILES string of the molecule is CCOC1CCN(CCC(NC)c2ccc(Br)cc2)CC1. The molecule has 1 saturated heterocycles. The van der Waals surface area contributed by atoms with Crippen molar-refractivity contribution in [3.05, 3.63) is 34.3 Å². The summed E-state index contributed by atoms with van der Waals surface area (Å²) in [5.74, 6) is 0. The molecule has 1 fully saturated rings. The maximum absolute atomic E-state index is 5.71. The molecule has 0 bridgehead atoms. The van der Waals surface area contributed by atoms with E-state index in [0.29, 0.717) is 12.1 Å². The van der Waals surface area contributed by atoms with Crippen molar-refractivity contribution in [1.29, 1.82) is 0 Å². The fourth-order valence-electron chi connectivity index (χ4n) is 3.02. The predicted molar refractivity (Wildman–Crippen MR) is 91.6 cm³/mol. The van der Waals surface area contributed by atoms with E-state index in [-0.39, 0.29) is 0 Å². The molecule has 0 amide bonds. The summed E-state index contributed by atoms with van der Waals surface area (Å²) in [6.07, 6.45) is 3.99. The van der Waals surface area contributed by atoms with Gasteiger partial charge in [0.05, 0.1) is 6.10 Å². The second-order valence-corrected chi connectivity index (χ2v) is 6.59. The van der Waals surface area contributed by atoms with Crippen molar-refractivity contribution in [2.75, 3.05) is 33.3 Å². The Hall–Kier alpha value is -0.420. The Balaban J connectivity index is 1.77. The Bertz CT molecular complexity index is 402. The van der Waals surface area contributed by atoms with E-state index < -0.39 is 0 Å². The molecule has 1 aromatic carbocycles. The molecule has 4 heteroatoms. The molecule has 118 valence electrons. The van der Waals surface area contributed by atoms with E-state index >= 15 is 0 Å². The Kier molecular flexibility index (Phi) is 7.17. The van der Waals surface area contributed by atoms with Crippen LogP contribution in [0.4, 0.5) is 0 Å². The Labute approximate surface area is 137 Å². The third kappa shape index (κ3) is 5.37. The molecule has 0 aromatic heterocycles. The summed E-state index contributed by atoms with van der Waals surface area (Å²) in [5.41, 5.74) is 1.37. The van der Waals surface area contributed by atoms with Crippen molar-refractivity contribution in [3.63, 3.8) is 0 Å². The molecule has 1 N–H and O–H groups in total. The maximum atomic E-state index is 5.71. The number of halogens is 1. The number of ether oxygens (including phenoxy) is 1. The number of hydrogen-bond acceptors (Lipinski definition) is 3. The van der Waals surface area contributed by atoms with Gasteiger partial charge in [-0.3, -0.25) is 0 Å². The average Bonchev–Trinajstić information content (AvgIpc) is 2.51. The molecule has 1 aromatic rings. The second-order valence-electron chi connectivity index (χ2n) is 5.68. The monoisotopic (exact) mass is 354 g/mol. The van der Waals surface area contributed by atoms with Crippen LogP contribution in [0.15, 0.2) is 28.7 Å². The fraction of sp³-hybridized carbons (Fsp3) is 0.647. The lowest BCUT2D eigenvalue weighted by Crippen LogP contribution is -2.38. The summed E-state index contributed by atoms with van der Waals surface area (Å²) >= 11 is 3.50. The topological polar surface area (TPSA) is 24.5 Å². The number of piperidine rings is 1. The lowest BCUT2D eigenvalue weighted by molar-refractivity contribution is 0.0136.